The lowest BCUT2D eigenvalue weighted by atomic mass is 10.2. The molecule has 1 N–H and O–H groups in total. The number of amides is 2. The molecule has 2 aromatic rings. The summed E-state index contributed by atoms with van der Waals surface area (Å²) < 4.78 is 0.891. The molecule has 25 heavy (non-hydrogen) atoms. The van der Waals surface area contributed by atoms with E-state index in [-0.39, 0.29) is 11.8 Å². The number of pyridine rings is 1. The zero-order valence-corrected chi connectivity index (χ0v) is 16.2. The molecule has 1 fully saturated rings. The molecule has 8 heteroatoms. The molecule has 1 atom stereocenters. The number of carbonyl (C=O) groups excluding carboxylic acids is 2. The van der Waals surface area contributed by atoms with Crippen LogP contribution in [-0.2, 0) is 4.79 Å². The van der Waals surface area contributed by atoms with Crippen LogP contribution in [0.15, 0.2) is 40.3 Å². The fourth-order valence-electron chi connectivity index (χ4n) is 2.74. The van der Waals surface area contributed by atoms with Gasteiger partial charge in [-0.05, 0) is 47.1 Å². The third-order valence-electron chi connectivity index (χ3n) is 4.08. The quantitative estimate of drug-likeness (QED) is 0.820. The lowest BCUT2D eigenvalue weighted by Crippen LogP contribution is -2.54. The fraction of sp³-hybridized carbons (Fsp3) is 0.353. The third-order valence-corrected chi connectivity index (χ3v) is 5.70. The summed E-state index contributed by atoms with van der Waals surface area (Å²) in [6.07, 6.45) is 1.77. The Morgan fingerprint density at radius 1 is 1.20 bits per heavy atom. The second kappa shape index (κ2) is 7.97. The molecule has 1 unspecified atom stereocenters. The number of nitrogens with zero attached hydrogens (tertiary/aromatic N) is 3. The monoisotopic (exact) mass is 422 g/mol. The van der Waals surface area contributed by atoms with Crippen molar-refractivity contribution in [2.45, 2.75) is 13.0 Å². The van der Waals surface area contributed by atoms with Crippen LogP contribution in [0.5, 0.6) is 0 Å². The molecule has 0 spiro atoms. The van der Waals surface area contributed by atoms with Gasteiger partial charge in [0.15, 0.2) is 0 Å². The molecule has 1 aliphatic heterocycles. The highest BCUT2D eigenvalue weighted by molar-refractivity contribution is 9.11. The van der Waals surface area contributed by atoms with Crippen molar-refractivity contribution in [2.75, 3.05) is 31.1 Å². The highest BCUT2D eigenvalue weighted by atomic mass is 79.9. The summed E-state index contributed by atoms with van der Waals surface area (Å²) in [4.78, 5) is 33.7. The van der Waals surface area contributed by atoms with Crippen molar-refractivity contribution >= 4 is 44.9 Å². The Hall–Kier alpha value is -1.93. The van der Waals surface area contributed by atoms with Crippen LogP contribution in [0.4, 0.5) is 5.82 Å². The van der Waals surface area contributed by atoms with Gasteiger partial charge in [-0.15, -0.1) is 11.3 Å². The molecule has 1 aliphatic rings. The number of nitrogens with one attached hydrogen (secondary N) is 1. The minimum atomic E-state index is -0.547. The van der Waals surface area contributed by atoms with Crippen LogP contribution < -0.4 is 10.2 Å². The molecule has 3 heterocycles. The molecule has 3 rings (SSSR count). The van der Waals surface area contributed by atoms with Crippen molar-refractivity contribution in [1.29, 1.82) is 0 Å². The standard InChI is InChI=1S/C17H19BrN4O2S/c1-12(20-16(23)13-5-6-14(18)25-13)17(24)22-10-8-21(9-11-22)15-4-2-3-7-19-15/h2-7,12H,8-11H2,1H3,(H,20,23). The lowest BCUT2D eigenvalue weighted by Gasteiger charge is -2.36. The number of piperazine rings is 1. The van der Waals surface area contributed by atoms with E-state index in [9.17, 15) is 9.59 Å². The Bertz CT molecular complexity index is 744. The van der Waals surface area contributed by atoms with E-state index in [1.165, 1.54) is 11.3 Å². The first-order valence-corrected chi connectivity index (χ1v) is 9.66. The Kier molecular flexibility index (Phi) is 5.70. The van der Waals surface area contributed by atoms with Crippen LogP contribution in [-0.4, -0.2) is 53.9 Å². The average molecular weight is 423 g/mol. The van der Waals surface area contributed by atoms with Gasteiger partial charge < -0.3 is 15.1 Å². The number of thiophene rings is 1. The molecule has 0 bridgehead atoms. The number of rotatable bonds is 4. The summed E-state index contributed by atoms with van der Waals surface area (Å²) >= 11 is 4.69. The van der Waals surface area contributed by atoms with Crippen LogP contribution in [0.1, 0.15) is 16.6 Å². The van der Waals surface area contributed by atoms with Crippen molar-refractivity contribution in [3.8, 4) is 0 Å². The summed E-state index contributed by atoms with van der Waals surface area (Å²) in [6.45, 7) is 4.46. The molecular weight excluding hydrogens is 404 g/mol. The second-order valence-corrected chi connectivity index (χ2v) is 8.26. The van der Waals surface area contributed by atoms with E-state index < -0.39 is 6.04 Å². The fourth-order valence-corrected chi connectivity index (χ4v) is 4.03. The highest BCUT2D eigenvalue weighted by Crippen LogP contribution is 2.22. The van der Waals surface area contributed by atoms with Gasteiger partial charge in [-0.3, -0.25) is 9.59 Å². The van der Waals surface area contributed by atoms with Gasteiger partial charge >= 0.3 is 0 Å². The smallest absolute Gasteiger partial charge is 0.262 e. The third kappa shape index (κ3) is 4.38. The number of anilines is 1. The van der Waals surface area contributed by atoms with E-state index in [1.54, 1.807) is 24.1 Å². The molecule has 132 valence electrons. The summed E-state index contributed by atoms with van der Waals surface area (Å²) in [7, 11) is 0. The molecular formula is C17H19BrN4O2S. The molecule has 0 radical (unpaired) electrons. The van der Waals surface area contributed by atoms with E-state index in [0.717, 1.165) is 22.7 Å². The first-order valence-electron chi connectivity index (χ1n) is 8.05. The zero-order valence-electron chi connectivity index (χ0n) is 13.8. The van der Waals surface area contributed by atoms with Crippen LogP contribution in [0.3, 0.4) is 0 Å². The molecule has 6 nitrogen and oxygen atoms in total. The summed E-state index contributed by atoms with van der Waals surface area (Å²) in [6, 6.07) is 8.84. The number of hydrogen-bond donors (Lipinski definition) is 1. The Balaban J connectivity index is 1.52. The maximum Gasteiger partial charge on any atom is 0.262 e. The minimum Gasteiger partial charge on any atom is -0.353 e. The van der Waals surface area contributed by atoms with Gasteiger partial charge in [0.05, 0.1) is 8.66 Å². The van der Waals surface area contributed by atoms with Crippen molar-refractivity contribution in [1.82, 2.24) is 15.2 Å². The summed E-state index contributed by atoms with van der Waals surface area (Å²) in [5.41, 5.74) is 0. The van der Waals surface area contributed by atoms with Gasteiger partial charge in [0, 0.05) is 32.4 Å². The predicted octanol–water partition coefficient (Wildman–Crippen LogP) is 2.37. The number of hydrogen-bond acceptors (Lipinski definition) is 5. The van der Waals surface area contributed by atoms with Gasteiger partial charge in [0.1, 0.15) is 11.9 Å². The van der Waals surface area contributed by atoms with Gasteiger partial charge in [-0.25, -0.2) is 4.98 Å². The van der Waals surface area contributed by atoms with Crippen molar-refractivity contribution < 1.29 is 9.59 Å². The first kappa shape index (κ1) is 17.9. The zero-order chi connectivity index (χ0) is 17.8. The van der Waals surface area contributed by atoms with Gasteiger partial charge in [-0.2, -0.15) is 0 Å². The molecule has 0 aromatic carbocycles. The highest BCUT2D eigenvalue weighted by Gasteiger charge is 2.26. The van der Waals surface area contributed by atoms with Crippen molar-refractivity contribution in [3.63, 3.8) is 0 Å². The summed E-state index contributed by atoms with van der Waals surface area (Å²) in [5.74, 6) is 0.660. The largest absolute Gasteiger partial charge is 0.353 e. The summed E-state index contributed by atoms with van der Waals surface area (Å²) in [5, 5.41) is 2.78. The number of aromatic nitrogens is 1. The van der Waals surface area contributed by atoms with Gasteiger partial charge in [-0.1, -0.05) is 6.07 Å². The molecule has 1 saturated heterocycles. The normalized spacial score (nSPS) is 15.8. The van der Waals surface area contributed by atoms with E-state index in [0.29, 0.717) is 18.0 Å². The van der Waals surface area contributed by atoms with Gasteiger partial charge in [0.25, 0.3) is 5.91 Å². The lowest BCUT2D eigenvalue weighted by molar-refractivity contribution is -0.133. The number of halogens is 1. The van der Waals surface area contributed by atoms with Gasteiger partial charge in [0.2, 0.25) is 5.91 Å². The minimum absolute atomic E-state index is 0.0513. The van der Waals surface area contributed by atoms with E-state index in [2.05, 4.69) is 31.1 Å². The van der Waals surface area contributed by atoms with Crippen molar-refractivity contribution in [2.24, 2.45) is 0 Å². The Morgan fingerprint density at radius 2 is 1.96 bits per heavy atom. The molecule has 2 aromatic heterocycles. The molecule has 2 amide bonds. The topological polar surface area (TPSA) is 65.5 Å². The SMILES string of the molecule is CC(NC(=O)c1ccc(Br)s1)C(=O)N1CCN(c2ccccn2)CC1. The van der Waals surface area contributed by atoms with E-state index in [4.69, 9.17) is 0 Å². The van der Waals surface area contributed by atoms with Crippen LogP contribution >= 0.6 is 27.3 Å². The number of carbonyl (C=O) groups is 2. The maximum atomic E-state index is 12.6. The Morgan fingerprint density at radius 3 is 2.56 bits per heavy atom. The maximum absolute atomic E-state index is 12.6. The first-order chi connectivity index (χ1) is 12.0. The Labute approximate surface area is 159 Å². The predicted molar refractivity (Wildman–Crippen MR) is 102 cm³/mol. The molecule has 0 aliphatic carbocycles. The van der Waals surface area contributed by atoms with Crippen molar-refractivity contribution in [3.05, 3.63) is 45.2 Å². The average Bonchev–Trinajstić information content (AvgIpc) is 3.08. The molecule has 0 saturated carbocycles. The van der Waals surface area contributed by atoms with E-state index >= 15 is 0 Å². The van der Waals surface area contributed by atoms with E-state index in [1.807, 2.05) is 24.3 Å². The second-order valence-electron chi connectivity index (χ2n) is 5.80. The van der Waals surface area contributed by atoms with Crippen LogP contribution in [0.2, 0.25) is 0 Å². The van der Waals surface area contributed by atoms with Crippen LogP contribution in [0, 0.1) is 0 Å². The van der Waals surface area contributed by atoms with Crippen LogP contribution in [0.25, 0.3) is 0 Å².